The number of hydrogen-bond donors (Lipinski definition) is 0. The third-order valence-corrected chi connectivity index (χ3v) is 3.76. The normalized spacial score (nSPS) is 19.6. The van der Waals surface area contributed by atoms with E-state index in [9.17, 15) is 0 Å². The number of allylic oxidation sites excluding steroid dienone is 8. The van der Waals surface area contributed by atoms with Crippen LogP contribution in [0, 0.1) is 0 Å². The molecule has 0 saturated heterocycles. The van der Waals surface area contributed by atoms with Crippen LogP contribution in [0.2, 0.25) is 0 Å². The summed E-state index contributed by atoms with van der Waals surface area (Å²) in [5, 5.41) is 0. The van der Waals surface area contributed by atoms with Gasteiger partial charge >= 0.3 is 87.9 Å². The van der Waals surface area contributed by atoms with E-state index in [2.05, 4.69) is 36.5 Å². The third-order valence-electron chi connectivity index (χ3n) is 2.18. The van der Waals surface area contributed by atoms with Crippen molar-refractivity contribution in [3.05, 3.63) is 47.6 Å². The van der Waals surface area contributed by atoms with Crippen molar-refractivity contribution in [3.8, 4) is 0 Å². The molecule has 0 N–H and O–H groups in total. The molecule has 0 saturated carbocycles. The SMILES string of the molecule is [Zr]=[C](C1=CC=CC1)C1=CC=CC1. The topological polar surface area (TPSA) is 0 Å². The first-order chi connectivity index (χ1) is 5.88. The number of rotatable bonds is 2. The average Bonchev–Trinajstić information content (AvgIpc) is 2.77. The Hall–Kier alpha value is -0.287. The fraction of sp³-hybridized carbons (Fsp3) is 0.182. The molecule has 0 spiro atoms. The van der Waals surface area contributed by atoms with Gasteiger partial charge in [-0.15, -0.1) is 0 Å². The van der Waals surface area contributed by atoms with Crippen molar-refractivity contribution in [2.24, 2.45) is 0 Å². The van der Waals surface area contributed by atoms with E-state index < -0.39 is 0 Å². The zero-order valence-electron chi connectivity index (χ0n) is 6.88. The quantitative estimate of drug-likeness (QED) is 0.687. The second-order valence-corrected chi connectivity index (χ2v) is 4.25. The monoisotopic (exact) mass is 232 g/mol. The van der Waals surface area contributed by atoms with Crippen LogP contribution < -0.4 is 0 Å². The molecule has 0 amide bonds. The van der Waals surface area contributed by atoms with Crippen molar-refractivity contribution < 1.29 is 24.2 Å². The molecule has 2 rings (SSSR count). The Balaban J connectivity index is 2.11. The van der Waals surface area contributed by atoms with Crippen LogP contribution in [-0.4, -0.2) is 3.21 Å². The summed E-state index contributed by atoms with van der Waals surface area (Å²) in [6, 6.07) is 0. The molecular weight excluding hydrogens is 223 g/mol. The van der Waals surface area contributed by atoms with E-state index in [-0.39, 0.29) is 0 Å². The van der Waals surface area contributed by atoms with Crippen molar-refractivity contribution >= 4 is 3.21 Å². The summed E-state index contributed by atoms with van der Waals surface area (Å²) in [6.07, 6.45) is 15.5. The molecule has 0 fully saturated rings. The van der Waals surface area contributed by atoms with Gasteiger partial charge < -0.3 is 0 Å². The Bertz CT molecular complexity index is 295. The molecule has 0 atom stereocenters. The van der Waals surface area contributed by atoms with Crippen molar-refractivity contribution in [1.29, 1.82) is 0 Å². The Morgan fingerprint density at radius 1 is 1.00 bits per heavy atom. The van der Waals surface area contributed by atoms with Crippen molar-refractivity contribution in [3.63, 3.8) is 0 Å². The maximum absolute atomic E-state index is 2.24. The zero-order chi connectivity index (χ0) is 8.39. The molecule has 0 aromatic rings. The van der Waals surface area contributed by atoms with E-state index in [1.807, 2.05) is 0 Å². The van der Waals surface area contributed by atoms with Gasteiger partial charge in [-0.3, -0.25) is 0 Å². The molecule has 1 heteroatoms. The second-order valence-electron chi connectivity index (χ2n) is 3.02. The predicted octanol–water partition coefficient (Wildman–Crippen LogP) is 2.48. The van der Waals surface area contributed by atoms with E-state index in [0.29, 0.717) is 0 Å². The van der Waals surface area contributed by atoms with Crippen molar-refractivity contribution in [2.75, 3.05) is 0 Å². The average molecular weight is 233 g/mol. The predicted molar refractivity (Wildman–Crippen MR) is 48.7 cm³/mol. The van der Waals surface area contributed by atoms with Gasteiger partial charge in [-0.2, -0.15) is 0 Å². The van der Waals surface area contributed by atoms with E-state index in [4.69, 9.17) is 0 Å². The molecule has 2 aliphatic rings. The molecule has 0 aliphatic heterocycles. The van der Waals surface area contributed by atoms with Crippen LogP contribution >= 0.6 is 0 Å². The van der Waals surface area contributed by atoms with Gasteiger partial charge in [-0.25, -0.2) is 0 Å². The summed E-state index contributed by atoms with van der Waals surface area (Å²) in [6.45, 7) is 0. The molecular formula is C11H10Zr. The van der Waals surface area contributed by atoms with Gasteiger partial charge in [-0.1, -0.05) is 0 Å². The van der Waals surface area contributed by atoms with Crippen LogP contribution in [-0.2, 0) is 24.2 Å². The van der Waals surface area contributed by atoms with Gasteiger partial charge in [0.25, 0.3) is 0 Å². The van der Waals surface area contributed by atoms with E-state index in [0.717, 1.165) is 12.8 Å². The first-order valence-corrected chi connectivity index (χ1v) is 5.41. The molecule has 0 nitrogen and oxygen atoms in total. The van der Waals surface area contributed by atoms with E-state index in [1.54, 1.807) is 27.4 Å². The number of hydrogen-bond acceptors (Lipinski definition) is 0. The fourth-order valence-corrected chi connectivity index (χ4v) is 2.38. The summed E-state index contributed by atoms with van der Waals surface area (Å²) in [4.78, 5) is 0. The summed E-state index contributed by atoms with van der Waals surface area (Å²) >= 11 is 1.54. The molecule has 0 bridgehead atoms. The standard InChI is InChI=1S/C11H10.Zr/c1-2-6-10(5-1)9-11-7-3-4-8-11;/h1-5,7H,6,8H2;. The van der Waals surface area contributed by atoms with Crippen LogP contribution in [0.4, 0.5) is 0 Å². The Labute approximate surface area is 87.7 Å². The first kappa shape index (κ1) is 8.32. The molecule has 0 aromatic heterocycles. The van der Waals surface area contributed by atoms with Gasteiger partial charge in [0.15, 0.2) is 0 Å². The van der Waals surface area contributed by atoms with Crippen LogP contribution in [0.3, 0.4) is 0 Å². The van der Waals surface area contributed by atoms with E-state index in [1.165, 1.54) is 11.1 Å². The van der Waals surface area contributed by atoms with Gasteiger partial charge in [0.1, 0.15) is 0 Å². The molecule has 58 valence electrons. The van der Waals surface area contributed by atoms with E-state index >= 15 is 0 Å². The first-order valence-electron chi connectivity index (χ1n) is 4.18. The maximum atomic E-state index is 2.24. The Kier molecular flexibility index (Phi) is 2.51. The molecule has 0 aromatic carbocycles. The zero-order valence-corrected chi connectivity index (χ0v) is 9.34. The second kappa shape index (κ2) is 3.62. The summed E-state index contributed by atoms with van der Waals surface area (Å²) in [7, 11) is 0. The van der Waals surface area contributed by atoms with Crippen molar-refractivity contribution in [2.45, 2.75) is 12.8 Å². The van der Waals surface area contributed by atoms with Crippen LogP contribution in [0.1, 0.15) is 12.8 Å². The fourth-order valence-electron chi connectivity index (χ4n) is 1.47. The molecule has 0 heterocycles. The molecule has 0 radical (unpaired) electrons. The minimum atomic E-state index is 1.14. The van der Waals surface area contributed by atoms with Crippen LogP contribution in [0.5, 0.6) is 0 Å². The molecule has 12 heavy (non-hydrogen) atoms. The minimum absolute atomic E-state index is 1.14. The van der Waals surface area contributed by atoms with Gasteiger partial charge in [0.05, 0.1) is 0 Å². The summed E-state index contributed by atoms with van der Waals surface area (Å²) in [5.41, 5.74) is 3.03. The Morgan fingerprint density at radius 3 is 1.83 bits per heavy atom. The summed E-state index contributed by atoms with van der Waals surface area (Å²) < 4.78 is 1.55. The van der Waals surface area contributed by atoms with Crippen molar-refractivity contribution in [1.82, 2.24) is 0 Å². The molecule has 2 aliphatic carbocycles. The van der Waals surface area contributed by atoms with Gasteiger partial charge in [-0.05, 0) is 0 Å². The van der Waals surface area contributed by atoms with Gasteiger partial charge in [0, 0.05) is 0 Å². The Morgan fingerprint density at radius 2 is 1.50 bits per heavy atom. The van der Waals surface area contributed by atoms with Crippen LogP contribution in [0.25, 0.3) is 0 Å². The molecule has 0 unspecified atom stereocenters. The van der Waals surface area contributed by atoms with Gasteiger partial charge in [0.2, 0.25) is 0 Å². The third kappa shape index (κ3) is 1.56. The van der Waals surface area contributed by atoms with Crippen LogP contribution in [0.15, 0.2) is 47.6 Å². The summed E-state index contributed by atoms with van der Waals surface area (Å²) in [5.74, 6) is 0.